The second-order valence-electron chi connectivity index (χ2n) is 9.00. The maximum atomic E-state index is 13.8. The zero-order valence-electron chi connectivity index (χ0n) is 19.8. The van der Waals surface area contributed by atoms with Crippen molar-refractivity contribution < 1.29 is 13.5 Å². The minimum absolute atomic E-state index is 0.0438. The van der Waals surface area contributed by atoms with Gasteiger partial charge in [0, 0.05) is 30.5 Å². The highest BCUT2D eigenvalue weighted by atomic mass is 19.1. The number of rotatable bonds is 4. The van der Waals surface area contributed by atoms with Crippen LogP contribution in [0.2, 0.25) is 0 Å². The lowest BCUT2D eigenvalue weighted by molar-refractivity contribution is -0.00545. The number of aryl methyl sites for hydroxylation is 1. The van der Waals surface area contributed by atoms with Gasteiger partial charge < -0.3 is 15.0 Å². The molecule has 1 fully saturated rings. The molecule has 1 aliphatic rings. The molecule has 2 unspecified atom stereocenters. The fraction of sp³-hybridized carbons (Fsp3) is 0.259. The van der Waals surface area contributed by atoms with Crippen LogP contribution in [0.3, 0.4) is 0 Å². The molecule has 0 radical (unpaired) electrons. The Kier molecular flexibility index (Phi) is 5.98. The summed E-state index contributed by atoms with van der Waals surface area (Å²) in [6, 6.07) is 15.3. The van der Waals surface area contributed by atoms with E-state index < -0.39 is 0 Å². The third kappa shape index (κ3) is 4.61. The van der Waals surface area contributed by atoms with Gasteiger partial charge >= 0.3 is 0 Å². The van der Waals surface area contributed by atoms with Crippen LogP contribution in [0.1, 0.15) is 19.4 Å². The average Bonchev–Trinajstić information content (AvgIpc) is 2.80. The summed E-state index contributed by atoms with van der Waals surface area (Å²) < 4.78 is 34.9. The molecule has 0 bridgehead atoms. The van der Waals surface area contributed by atoms with E-state index in [1.807, 2.05) is 26.8 Å². The molecule has 6 nitrogen and oxygen atoms in total. The van der Waals surface area contributed by atoms with Crippen molar-refractivity contribution >= 4 is 28.4 Å². The number of morpholine rings is 1. The number of aromatic nitrogens is 2. The highest BCUT2D eigenvalue weighted by Gasteiger charge is 2.25. The largest absolute Gasteiger partial charge is 0.372 e. The monoisotopic (exact) mass is 476 g/mol. The van der Waals surface area contributed by atoms with Crippen LogP contribution in [0, 0.1) is 18.6 Å². The van der Waals surface area contributed by atoms with Crippen molar-refractivity contribution in [3.05, 3.63) is 88.1 Å². The fourth-order valence-electron chi connectivity index (χ4n) is 4.63. The summed E-state index contributed by atoms with van der Waals surface area (Å²) in [5.41, 5.74) is 2.29. The van der Waals surface area contributed by atoms with Crippen molar-refractivity contribution in [2.75, 3.05) is 23.3 Å². The van der Waals surface area contributed by atoms with Gasteiger partial charge in [-0.15, -0.1) is 0 Å². The first kappa shape index (κ1) is 23.0. The summed E-state index contributed by atoms with van der Waals surface area (Å²) in [7, 11) is 0. The number of nitrogens with zero attached hydrogens (tertiary/aromatic N) is 3. The van der Waals surface area contributed by atoms with Crippen molar-refractivity contribution in [3.63, 3.8) is 0 Å². The highest BCUT2D eigenvalue weighted by molar-refractivity contribution is 5.85. The quantitative estimate of drug-likeness (QED) is 0.432. The molecule has 4 aromatic rings. The second-order valence-corrected chi connectivity index (χ2v) is 9.00. The molecule has 0 saturated carbocycles. The minimum Gasteiger partial charge on any atom is -0.372 e. The van der Waals surface area contributed by atoms with Crippen LogP contribution in [-0.2, 0) is 4.74 Å². The zero-order chi connectivity index (χ0) is 24.7. The number of pyridine rings is 2. The number of ether oxygens (including phenoxy) is 1. The van der Waals surface area contributed by atoms with Gasteiger partial charge in [0.15, 0.2) is 11.1 Å². The summed E-state index contributed by atoms with van der Waals surface area (Å²) >= 11 is 0. The van der Waals surface area contributed by atoms with Crippen LogP contribution in [0.15, 0.2) is 65.5 Å². The lowest BCUT2D eigenvalue weighted by Gasteiger charge is -2.36. The molecule has 1 N–H and O–H groups in total. The Bertz CT molecular complexity index is 1430. The van der Waals surface area contributed by atoms with E-state index in [9.17, 15) is 13.6 Å². The molecule has 1 saturated heterocycles. The molecule has 1 aliphatic heterocycles. The predicted octanol–water partition coefficient (Wildman–Crippen LogP) is 5.33. The summed E-state index contributed by atoms with van der Waals surface area (Å²) in [5.74, 6) is 0.453. The van der Waals surface area contributed by atoms with Crippen LogP contribution in [-0.4, -0.2) is 34.8 Å². The Morgan fingerprint density at radius 3 is 2.17 bits per heavy atom. The van der Waals surface area contributed by atoms with Gasteiger partial charge in [0.05, 0.1) is 17.6 Å². The van der Waals surface area contributed by atoms with Crippen LogP contribution in [0.25, 0.3) is 16.7 Å². The van der Waals surface area contributed by atoms with Gasteiger partial charge in [0.25, 0.3) is 0 Å². The van der Waals surface area contributed by atoms with Crippen LogP contribution in [0.4, 0.5) is 26.1 Å². The van der Waals surface area contributed by atoms with Crippen molar-refractivity contribution in [2.45, 2.75) is 33.0 Å². The first-order valence-corrected chi connectivity index (χ1v) is 11.5. The maximum absolute atomic E-state index is 13.8. The molecule has 2 atom stereocenters. The van der Waals surface area contributed by atoms with Crippen molar-refractivity contribution in [1.29, 1.82) is 0 Å². The first-order chi connectivity index (χ1) is 16.8. The van der Waals surface area contributed by atoms with Crippen LogP contribution in [0.5, 0.6) is 0 Å². The van der Waals surface area contributed by atoms with Gasteiger partial charge in [-0.05, 0) is 80.9 Å². The number of halogens is 2. The summed E-state index contributed by atoms with van der Waals surface area (Å²) in [4.78, 5) is 20.3. The van der Waals surface area contributed by atoms with E-state index >= 15 is 0 Å². The first-order valence-electron chi connectivity index (χ1n) is 11.5. The molecule has 8 heteroatoms. The number of fused-ring (bicyclic) bond motifs is 1. The van der Waals surface area contributed by atoms with Crippen LogP contribution >= 0.6 is 0 Å². The normalized spacial score (nSPS) is 18.1. The second kappa shape index (κ2) is 9.11. The van der Waals surface area contributed by atoms with E-state index in [2.05, 4.69) is 10.2 Å². The molecule has 2 aromatic carbocycles. The van der Waals surface area contributed by atoms with E-state index in [0.29, 0.717) is 41.3 Å². The zero-order valence-corrected chi connectivity index (χ0v) is 19.8. The molecular weight excluding hydrogens is 450 g/mol. The lowest BCUT2D eigenvalue weighted by atomic mass is 10.1. The van der Waals surface area contributed by atoms with Gasteiger partial charge in [0.1, 0.15) is 23.3 Å². The van der Waals surface area contributed by atoms with Crippen molar-refractivity contribution in [3.8, 4) is 5.69 Å². The number of nitrogens with one attached hydrogen (secondary N) is 1. The minimum atomic E-state index is -0.367. The number of hydrogen-bond donors (Lipinski definition) is 1. The van der Waals surface area contributed by atoms with E-state index in [1.54, 1.807) is 28.8 Å². The standard InChI is InChI=1S/C27H26F2N4O2/c1-16-12-24(32-14-17(2)35-18(3)15-32)31-27-26(16)23(34)13-25(30-21-8-4-19(28)5-9-21)33(27)22-10-6-20(29)7-11-22/h4-13,17-18,30H,14-15H2,1-3H3. The summed E-state index contributed by atoms with van der Waals surface area (Å²) in [6.07, 6.45) is 0.0876. The van der Waals surface area contributed by atoms with Gasteiger partial charge in [-0.2, -0.15) is 0 Å². The molecule has 3 heterocycles. The predicted molar refractivity (Wildman–Crippen MR) is 134 cm³/mol. The summed E-state index contributed by atoms with van der Waals surface area (Å²) in [6.45, 7) is 7.29. The van der Waals surface area contributed by atoms with Crippen molar-refractivity contribution in [2.24, 2.45) is 0 Å². The molecule has 180 valence electrons. The molecule has 0 spiro atoms. The summed E-state index contributed by atoms with van der Waals surface area (Å²) in [5, 5.41) is 3.69. The molecule has 35 heavy (non-hydrogen) atoms. The third-order valence-corrected chi connectivity index (χ3v) is 6.10. The van der Waals surface area contributed by atoms with Crippen molar-refractivity contribution in [1.82, 2.24) is 9.55 Å². The Morgan fingerprint density at radius 2 is 1.54 bits per heavy atom. The smallest absolute Gasteiger partial charge is 0.193 e. The van der Waals surface area contributed by atoms with E-state index in [-0.39, 0.29) is 29.3 Å². The number of anilines is 3. The Labute approximate surface area is 201 Å². The third-order valence-electron chi connectivity index (χ3n) is 6.10. The average molecular weight is 477 g/mol. The fourth-order valence-corrected chi connectivity index (χ4v) is 4.63. The number of benzene rings is 2. The van der Waals surface area contributed by atoms with E-state index in [0.717, 1.165) is 11.4 Å². The highest BCUT2D eigenvalue weighted by Crippen LogP contribution is 2.29. The topological polar surface area (TPSA) is 59.4 Å². The van der Waals surface area contributed by atoms with Crippen LogP contribution < -0.4 is 15.6 Å². The Hall–Kier alpha value is -3.78. The van der Waals surface area contributed by atoms with E-state index in [1.165, 1.54) is 30.3 Å². The lowest BCUT2D eigenvalue weighted by Crippen LogP contribution is -2.46. The maximum Gasteiger partial charge on any atom is 0.193 e. The molecule has 2 aromatic heterocycles. The van der Waals surface area contributed by atoms with Gasteiger partial charge in [-0.25, -0.2) is 13.8 Å². The molecular formula is C27H26F2N4O2. The van der Waals surface area contributed by atoms with Gasteiger partial charge in [-0.1, -0.05) is 0 Å². The SMILES string of the molecule is Cc1cc(N2CC(C)OC(C)C2)nc2c1c(=O)cc(Nc1ccc(F)cc1)n2-c1ccc(F)cc1. The Balaban J connectivity index is 1.74. The van der Waals surface area contributed by atoms with E-state index in [4.69, 9.17) is 9.72 Å². The molecule has 0 aliphatic carbocycles. The molecule has 0 amide bonds. The molecule has 5 rings (SSSR count). The van der Waals surface area contributed by atoms with Gasteiger partial charge in [-0.3, -0.25) is 9.36 Å². The van der Waals surface area contributed by atoms with Gasteiger partial charge in [0.2, 0.25) is 0 Å². The number of hydrogen-bond acceptors (Lipinski definition) is 5. The Morgan fingerprint density at radius 1 is 0.943 bits per heavy atom.